The minimum Gasteiger partial charge on any atom is -0.391 e. The van der Waals surface area contributed by atoms with Gasteiger partial charge in [-0.1, -0.05) is 12.8 Å². The number of hydrogen-bond acceptors (Lipinski definition) is 2. The Balaban J connectivity index is 2.18. The zero-order valence-corrected chi connectivity index (χ0v) is 9.80. The Labute approximate surface area is 96.2 Å². The molecule has 1 aliphatic rings. The molecule has 1 rings (SSSR count). The molecule has 0 radical (unpaired) electrons. The van der Waals surface area contributed by atoms with Gasteiger partial charge in [-0.05, 0) is 25.7 Å². The fourth-order valence-electron chi connectivity index (χ4n) is 1.94. The highest BCUT2D eigenvalue weighted by atomic mass is 35.5. The lowest BCUT2D eigenvalue weighted by Gasteiger charge is -2.28. The van der Waals surface area contributed by atoms with E-state index in [1.807, 2.05) is 0 Å². The van der Waals surface area contributed by atoms with E-state index < -0.39 is 0 Å². The van der Waals surface area contributed by atoms with Crippen molar-refractivity contribution in [2.24, 2.45) is 0 Å². The summed E-state index contributed by atoms with van der Waals surface area (Å²) >= 11 is 5.53. The molecular weight excluding hydrogens is 214 g/mol. The molecule has 0 heterocycles. The van der Waals surface area contributed by atoms with E-state index in [9.17, 15) is 9.90 Å². The summed E-state index contributed by atoms with van der Waals surface area (Å²) in [4.78, 5) is 11.5. The van der Waals surface area contributed by atoms with Crippen molar-refractivity contribution >= 4 is 17.5 Å². The molecular formula is C11H20ClNO2. The maximum atomic E-state index is 11.5. The van der Waals surface area contributed by atoms with Gasteiger partial charge in [-0.15, -0.1) is 11.6 Å². The largest absolute Gasteiger partial charge is 0.391 e. The second-order valence-electron chi connectivity index (χ2n) is 4.17. The van der Waals surface area contributed by atoms with Crippen molar-refractivity contribution < 1.29 is 9.90 Å². The Morgan fingerprint density at radius 3 is 2.73 bits per heavy atom. The van der Waals surface area contributed by atoms with Crippen LogP contribution in [-0.2, 0) is 4.79 Å². The first-order chi connectivity index (χ1) is 7.24. The molecule has 0 bridgehead atoms. The van der Waals surface area contributed by atoms with Crippen molar-refractivity contribution in [2.45, 2.75) is 57.1 Å². The first-order valence-corrected chi connectivity index (χ1v) is 6.31. The quantitative estimate of drug-likeness (QED) is 0.562. The fraction of sp³-hybridized carbons (Fsp3) is 0.909. The van der Waals surface area contributed by atoms with Crippen LogP contribution in [0.15, 0.2) is 0 Å². The lowest BCUT2D eigenvalue weighted by atomic mass is 9.92. The first-order valence-electron chi connectivity index (χ1n) is 5.77. The van der Waals surface area contributed by atoms with E-state index in [1.54, 1.807) is 0 Å². The van der Waals surface area contributed by atoms with E-state index >= 15 is 0 Å². The monoisotopic (exact) mass is 233 g/mol. The maximum absolute atomic E-state index is 11.5. The number of aliphatic hydroxyl groups excluding tert-OH is 1. The van der Waals surface area contributed by atoms with Crippen molar-refractivity contribution in [3.8, 4) is 0 Å². The summed E-state index contributed by atoms with van der Waals surface area (Å²) < 4.78 is 0. The minimum atomic E-state index is -0.351. The van der Waals surface area contributed by atoms with Crippen molar-refractivity contribution in [1.82, 2.24) is 5.32 Å². The Morgan fingerprint density at radius 1 is 1.33 bits per heavy atom. The Morgan fingerprint density at radius 2 is 2.07 bits per heavy atom. The summed E-state index contributed by atoms with van der Waals surface area (Å²) in [5, 5.41) is 12.5. The highest BCUT2D eigenvalue weighted by Crippen LogP contribution is 2.18. The predicted octanol–water partition coefficient (Wildman–Crippen LogP) is 1.82. The van der Waals surface area contributed by atoms with E-state index in [1.165, 1.54) is 0 Å². The summed E-state index contributed by atoms with van der Waals surface area (Å²) in [5.74, 6) is 0.658. The number of alkyl halides is 1. The minimum absolute atomic E-state index is 0.0257. The molecule has 0 aromatic carbocycles. The van der Waals surface area contributed by atoms with Gasteiger partial charge in [0.25, 0.3) is 0 Å². The third-order valence-corrected chi connectivity index (χ3v) is 3.13. The van der Waals surface area contributed by atoms with Crippen LogP contribution < -0.4 is 5.32 Å². The predicted molar refractivity (Wildman–Crippen MR) is 61.0 cm³/mol. The third-order valence-electron chi connectivity index (χ3n) is 2.86. The smallest absolute Gasteiger partial charge is 0.220 e. The van der Waals surface area contributed by atoms with Crippen LogP contribution >= 0.6 is 11.6 Å². The summed E-state index contributed by atoms with van der Waals surface area (Å²) in [5.41, 5.74) is 0. The van der Waals surface area contributed by atoms with E-state index in [2.05, 4.69) is 5.32 Å². The number of nitrogens with one attached hydrogen (secondary N) is 1. The Hall–Kier alpha value is -0.280. The van der Waals surface area contributed by atoms with Gasteiger partial charge in [0.1, 0.15) is 0 Å². The standard InChI is InChI=1S/C11H20ClNO2/c12-8-4-3-7-11(15)13-9-5-1-2-6-10(9)14/h9-10,14H,1-8H2,(H,13,15). The van der Waals surface area contributed by atoms with Gasteiger partial charge >= 0.3 is 0 Å². The first kappa shape index (κ1) is 12.8. The fourth-order valence-corrected chi connectivity index (χ4v) is 2.13. The summed E-state index contributed by atoms with van der Waals surface area (Å²) in [6.07, 6.45) is 5.77. The molecule has 88 valence electrons. The number of unbranched alkanes of at least 4 members (excludes halogenated alkanes) is 1. The van der Waals surface area contributed by atoms with Crippen LogP contribution in [-0.4, -0.2) is 29.0 Å². The molecule has 0 saturated heterocycles. The summed E-state index contributed by atoms with van der Waals surface area (Å²) in [6.45, 7) is 0. The molecule has 3 nitrogen and oxygen atoms in total. The number of carbonyl (C=O) groups excluding carboxylic acids is 1. The molecule has 1 saturated carbocycles. The molecule has 15 heavy (non-hydrogen) atoms. The number of amides is 1. The molecule has 1 aliphatic carbocycles. The topological polar surface area (TPSA) is 49.3 Å². The normalized spacial score (nSPS) is 26.3. The average molecular weight is 234 g/mol. The number of rotatable bonds is 5. The molecule has 0 spiro atoms. The van der Waals surface area contributed by atoms with Gasteiger partial charge < -0.3 is 10.4 Å². The zero-order chi connectivity index (χ0) is 11.1. The molecule has 0 aromatic rings. The molecule has 1 fully saturated rings. The maximum Gasteiger partial charge on any atom is 0.220 e. The van der Waals surface area contributed by atoms with Crippen molar-refractivity contribution in [3.05, 3.63) is 0 Å². The average Bonchev–Trinajstić information content (AvgIpc) is 2.22. The SMILES string of the molecule is O=C(CCCCCl)NC1CCCCC1O. The molecule has 2 N–H and O–H groups in total. The van der Waals surface area contributed by atoms with Crippen LogP contribution in [0.5, 0.6) is 0 Å². The summed E-state index contributed by atoms with van der Waals surface area (Å²) in [7, 11) is 0. The highest BCUT2D eigenvalue weighted by molar-refractivity contribution is 6.17. The molecule has 2 atom stereocenters. The Kier molecular flexibility index (Phi) is 6.03. The highest BCUT2D eigenvalue weighted by Gasteiger charge is 2.23. The van der Waals surface area contributed by atoms with Crippen molar-refractivity contribution in [2.75, 3.05) is 5.88 Å². The van der Waals surface area contributed by atoms with E-state index in [0.29, 0.717) is 12.3 Å². The Bertz CT molecular complexity index is 199. The van der Waals surface area contributed by atoms with Gasteiger partial charge in [-0.25, -0.2) is 0 Å². The van der Waals surface area contributed by atoms with Crippen LogP contribution in [0.4, 0.5) is 0 Å². The second kappa shape index (κ2) is 7.07. The molecule has 1 amide bonds. The summed E-state index contributed by atoms with van der Waals surface area (Å²) in [6, 6.07) is -0.0257. The molecule has 0 aromatic heterocycles. The number of hydrogen-bond donors (Lipinski definition) is 2. The van der Waals surface area contributed by atoms with Crippen LogP contribution in [0.3, 0.4) is 0 Å². The number of aliphatic hydroxyl groups is 1. The van der Waals surface area contributed by atoms with Crippen LogP contribution in [0.2, 0.25) is 0 Å². The van der Waals surface area contributed by atoms with Crippen molar-refractivity contribution in [3.63, 3.8) is 0 Å². The van der Waals surface area contributed by atoms with Gasteiger partial charge in [-0.3, -0.25) is 4.79 Å². The van der Waals surface area contributed by atoms with Crippen LogP contribution in [0, 0.1) is 0 Å². The van der Waals surface area contributed by atoms with E-state index in [-0.39, 0.29) is 18.1 Å². The van der Waals surface area contributed by atoms with Gasteiger partial charge in [0.15, 0.2) is 0 Å². The van der Waals surface area contributed by atoms with Gasteiger partial charge in [0.2, 0.25) is 5.91 Å². The number of carbonyl (C=O) groups is 1. The second-order valence-corrected chi connectivity index (χ2v) is 4.55. The van der Waals surface area contributed by atoms with Crippen molar-refractivity contribution in [1.29, 1.82) is 0 Å². The molecule has 4 heteroatoms. The van der Waals surface area contributed by atoms with Crippen LogP contribution in [0.1, 0.15) is 44.9 Å². The lowest BCUT2D eigenvalue weighted by molar-refractivity contribution is -0.123. The third kappa shape index (κ3) is 4.85. The van der Waals surface area contributed by atoms with Gasteiger partial charge in [0.05, 0.1) is 12.1 Å². The van der Waals surface area contributed by atoms with Gasteiger partial charge in [-0.2, -0.15) is 0 Å². The van der Waals surface area contributed by atoms with Crippen LogP contribution in [0.25, 0.3) is 0 Å². The zero-order valence-electron chi connectivity index (χ0n) is 9.04. The van der Waals surface area contributed by atoms with Gasteiger partial charge in [0, 0.05) is 12.3 Å². The van der Waals surface area contributed by atoms with E-state index in [0.717, 1.165) is 38.5 Å². The molecule has 2 unspecified atom stereocenters. The number of halogens is 1. The lowest BCUT2D eigenvalue weighted by Crippen LogP contribution is -2.44. The molecule has 0 aliphatic heterocycles. The van der Waals surface area contributed by atoms with E-state index in [4.69, 9.17) is 11.6 Å².